The van der Waals surface area contributed by atoms with Crippen molar-refractivity contribution in [2.24, 2.45) is 0 Å². The number of hydrogen-bond acceptors (Lipinski definition) is 3. The van der Waals surface area contributed by atoms with E-state index in [-0.39, 0.29) is 0 Å². The van der Waals surface area contributed by atoms with Crippen molar-refractivity contribution in [2.75, 3.05) is 5.73 Å². The first-order valence-corrected chi connectivity index (χ1v) is 6.37. The van der Waals surface area contributed by atoms with Crippen LogP contribution in [0.3, 0.4) is 0 Å². The molecule has 0 bridgehead atoms. The molecule has 0 saturated heterocycles. The van der Waals surface area contributed by atoms with Gasteiger partial charge in [-0.1, -0.05) is 6.07 Å². The Morgan fingerprint density at radius 2 is 2.12 bits per heavy atom. The van der Waals surface area contributed by atoms with Gasteiger partial charge in [0.2, 0.25) is 5.88 Å². The van der Waals surface area contributed by atoms with E-state index in [0.29, 0.717) is 11.6 Å². The number of ether oxygens (including phenoxy) is 1. The van der Waals surface area contributed by atoms with Gasteiger partial charge in [-0.05, 0) is 62.8 Å². The fraction of sp³-hybridized carbons (Fsp3) is 0. The minimum atomic E-state index is 0.510. The second-order valence-electron chi connectivity index (χ2n) is 3.12. The second kappa shape index (κ2) is 5.01. The quantitative estimate of drug-likeness (QED) is 0.793. The summed E-state index contributed by atoms with van der Waals surface area (Å²) in [5.74, 6) is 1.26. The van der Waals surface area contributed by atoms with E-state index in [4.69, 9.17) is 10.5 Å². The maximum absolute atomic E-state index is 5.63. The molecule has 1 aromatic carbocycles. The molecule has 0 saturated carbocycles. The summed E-state index contributed by atoms with van der Waals surface area (Å²) in [6.45, 7) is 0. The Balaban J connectivity index is 2.27. The third kappa shape index (κ3) is 2.85. The largest absolute Gasteiger partial charge is 0.438 e. The lowest BCUT2D eigenvalue weighted by Gasteiger charge is -2.07. The Morgan fingerprint density at radius 1 is 1.31 bits per heavy atom. The molecule has 16 heavy (non-hydrogen) atoms. The van der Waals surface area contributed by atoms with E-state index in [9.17, 15) is 0 Å². The Bertz CT molecular complexity index is 519. The highest BCUT2D eigenvalue weighted by atomic mass is 127. The summed E-state index contributed by atoms with van der Waals surface area (Å²) in [5, 5.41) is 0. The summed E-state index contributed by atoms with van der Waals surface area (Å²) in [4.78, 5) is 4.11. The van der Waals surface area contributed by atoms with Crippen molar-refractivity contribution < 1.29 is 4.74 Å². The average Bonchev–Trinajstić information content (AvgIpc) is 2.22. The Morgan fingerprint density at radius 3 is 2.81 bits per heavy atom. The number of nitrogens with two attached hydrogens (primary N) is 1. The Kier molecular flexibility index (Phi) is 3.65. The number of aromatic nitrogens is 1. The molecule has 0 spiro atoms. The normalized spacial score (nSPS) is 10.1. The second-order valence-corrected chi connectivity index (χ2v) is 5.22. The molecule has 0 radical (unpaired) electrons. The van der Waals surface area contributed by atoms with Crippen LogP contribution in [0, 0.1) is 3.57 Å². The summed E-state index contributed by atoms with van der Waals surface area (Å²) in [7, 11) is 0. The SMILES string of the molecule is Nc1cnc(Oc2cccc(I)c2)c(Br)c1. The van der Waals surface area contributed by atoms with Crippen LogP contribution in [0.1, 0.15) is 0 Å². The first-order valence-electron chi connectivity index (χ1n) is 4.49. The van der Waals surface area contributed by atoms with Gasteiger partial charge in [0.1, 0.15) is 5.75 Å². The van der Waals surface area contributed by atoms with Crippen LogP contribution in [0.4, 0.5) is 5.69 Å². The summed E-state index contributed by atoms with van der Waals surface area (Å²) < 4.78 is 7.48. The van der Waals surface area contributed by atoms with Crippen molar-refractivity contribution in [1.29, 1.82) is 0 Å². The van der Waals surface area contributed by atoms with Crippen LogP contribution in [0.25, 0.3) is 0 Å². The number of halogens is 2. The summed E-state index contributed by atoms with van der Waals surface area (Å²) in [5.41, 5.74) is 6.19. The maximum Gasteiger partial charge on any atom is 0.233 e. The van der Waals surface area contributed by atoms with Crippen molar-refractivity contribution in [3.05, 3.63) is 44.6 Å². The summed E-state index contributed by atoms with van der Waals surface area (Å²) in [6.07, 6.45) is 1.56. The Hall–Kier alpha value is -0.820. The van der Waals surface area contributed by atoms with Gasteiger partial charge < -0.3 is 10.5 Å². The summed E-state index contributed by atoms with van der Waals surface area (Å²) >= 11 is 5.58. The van der Waals surface area contributed by atoms with Crippen molar-refractivity contribution in [3.8, 4) is 11.6 Å². The van der Waals surface area contributed by atoms with E-state index < -0.39 is 0 Å². The van der Waals surface area contributed by atoms with Crippen LogP contribution in [0.15, 0.2) is 41.0 Å². The molecule has 2 aromatic rings. The molecule has 0 aliphatic rings. The van der Waals surface area contributed by atoms with Gasteiger partial charge >= 0.3 is 0 Å². The zero-order valence-corrected chi connectivity index (χ0v) is 11.9. The van der Waals surface area contributed by atoms with E-state index in [1.165, 1.54) is 0 Å². The molecule has 1 heterocycles. The zero-order valence-electron chi connectivity index (χ0n) is 8.15. The predicted octanol–water partition coefficient (Wildman–Crippen LogP) is 3.82. The minimum absolute atomic E-state index is 0.510. The predicted molar refractivity (Wildman–Crippen MR) is 75.6 cm³/mol. The van der Waals surface area contributed by atoms with Gasteiger partial charge in [-0.3, -0.25) is 0 Å². The van der Waals surface area contributed by atoms with Crippen LogP contribution < -0.4 is 10.5 Å². The van der Waals surface area contributed by atoms with Gasteiger partial charge in [0.25, 0.3) is 0 Å². The van der Waals surface area contributed by atoms with Gasteiger partial charge in [-0.25, -0.2) is 4.98 Å². The number of hydrogen-bond donors (Lipinski definition) is 1. The Labute approximate surface area is 115 Å². The highest BCUT2D eigenvalue weighted by Crippen LogP contribution is 2.29. The fourth-order valence-corrected chi connectivity index (χ4v) is 2.12. The van der Waals surface area contributed by atoms with E-state index in [0.717, 1.165) is 13.8 Å². The number of anilines is 1. The van der Waals surface area contributed by atoms with E-state index >= 15 is 0 Å². The molecule has 0 fully saturated rings. The highest BCUT2D eigenvalue weighted by Gasteiger charge is 2.04. The molecule has 0 amide bonds. The van der Waals surface area contributed by atoms with Crippen LogP contribution in [-0.2, 0) is 0 Å². The molecule has 5 heteroatoms. The van der Waals surface area contributed by atoms with Crippen molar-refractivity contribution in [1.82, 2.24) is 4.98 Å². The van der Waals surface area contributed by atoms with Crippen molar-refractivity contribution in [2.45, 2.75) is 0 Å². The van der Waals surface area contributed by atoms with Crippen LogP contribution in [0.2, 0.25) is 0 Å². The van der Waals surface area contributed by atoms with Crippen LogP contribution >= 0.6 is 38.5 Å². The number of nitrogen functional groups attached to an aromatic ring is 1. The third-order valence-electron chi connectivity index (χ3n) is 1.84. The number of nitrogens with zero attached hydrogens (tertiary/aromatic N) is 1. The molecule has 2 N–H and O–H groups in total. The van der Waals surface area contributed by atoms with Crippen LogP contribution in [0.5, 0.6) is 11.6 Å². The number of benzene rings is 1. The molecule has 0 atom stereocenters. The lowest BCUT2D eigenvalue weighted by Crippen LogP contribution is -1.92. The highest BCUT2D eigenvalue weighted by molar-refractivity contribution is 14.1. The first kappa shape index (κ1) is 11.7. The molecular weight excluding hydrogens is 383 g/mol. The van der Waals surface area contributed by atoms with Crippen molar-refractivity contribution >= 4 is 44.2 Å². The molecule has 0 aliphatic heterocycles. The fourth-order valence-electron chi connectivity index (χ4n) is 1.16. The van der Waals surface area contributed by atoms with Crippen molar-refractivity contribution in [3.63, 3.8) is 0 Å². The molecular formula is C11H8BrIN2O. The lowest BCUT2D eigenvalue weighted by molar-refractivity contribution is 0.459. The van der Waals surface area contributed by atoms with Gasteiger partial charge in [0.05, 0.1) is 16.4 Å². The topological polar surface area (TPSA) is 48.1 Å². The van der Waals surface area contributed by atoms with Gasteiger partial charge in [0, 0.05) is 3.57 Å². The lowest BCUT2D eigenvalue weighted by atomic mass is 10.3. The third-order valence-corrected chi connectivity index (χ3v) is 3.08. The zero-order chi connectivity index (χ0) is 11.5. The monoisotopic (exact) mass is 390 g/mol. The molecule has 2 rings (SSSR count). The summed E-state index contributed by atoms with van der Waals surface area (Å²) in [6, 6.07) is 9.51. The average molecular weight is 391 g/mol. The molecule has 0 unspecified atom stereocenters. The van der Waals surface area contributed by atoms with E-state index in [1.54, 1.807) is 12.3 Å². The number of pyridine rings is 1. The molecule has 82 valence electrons. The number of rotatable bonds is 2. The van der Waals surface area contributed by atoms with E-state index in [2.05, 4.69) is 43.5 Å². The smallest absolute Gasteiger partial charge is 0.233 e. The van der Waals surface area contributed by atoms with Crippen LogP contribution in [-0.4, -0.2) is 4.98 Å². The van der Waals surface area contributed by atoms with Gasteiger partial charge in [-0.15, -0.1) is 0 Å². The minimum Gasteiger partial charge on any atom is -0.438 e. The molecule has 1 aromatic heterocycles. The standard InChI is InChI=1S/C11H8BrIN2O/c12-10-5-8(14)6-15-11(10)16-9-3-1-2-7(13)4-9/h1-6H,14H2. The maximum atomic E-state index is 5.63. The van der Waals surface area contributed by atoms with Gasteiger partial charge in [0.15, 0.2) is 0 Å². The molecule has 3 nitrogen and oxygen atoms in total. The molecule has 0 aliphatic carbocycles. The van der Waals surface area contributed by atoms with Gasteiger partial charge in [-0.2, -0.15) is 0 Å². The first-order chi connectivity index (χ1) is 7.65. The van der Waals surface area contributed by atoms with E-state index in [1.807, 2.05) is 24.3 Å².